The SMILES string of the molecule is CCCCOc1ccc(/C=C/C2=CC(=O)CC(c3ccc(OCCCC)cc3)C2)cc1. The Morgan fingerprint density at radius 1 is 0.806 bits per heavy atom. The average Bonchev–Trinajstić information content (AvgIpc) is 2.79. The fraction of sp³-hybridized carbons (Fsp3) is 0.393. The molecule has 0 bridgehead atoms. The molecule has 0 N–H and O–H groups in total. The van der Waals surface area contributed by atoms with Crippen LogP contribution < -0.4 is 9.47 Å². The molecule has 164 valence electrons. The third kappa shape index (κ3) is 7.43. The lowest BCUT2D eigenvalue weighted by molar-refractivity contribution is -0.115. The van der Waals surface area contributed by atoms with Crippen molar-refractivity contribution >= 4 is 11.9 Å². The summed E-state index contributed by atoms with van der Waals surface area (Å²) in [4.78, 5) is 12.3. The van der Waals surface area contributed by atoms with E-state index in [0.717, 1.165) is 68.0 Å². The first-order chi connectivity index (χ1) is 15.2. The van der Waals surface area contributed by atoms with Crippen molar-refractivity contribution in [2.45, 2.75) is 58.3 Å². The molecule has 3 nitrogen and oxygen atoms in total. The highest BCUT2D eigenvalue weighted by atomic mass is 16.5. The summed E-state index contributed by atoms with van der Waals surface area (Å²) in [7, 11) is 0. The Balaban J connectivity index is 1.58. The van der Waals surface area contributed by atoms with E-state index in [0.29, 0.717) is 6.42 Å². The Morgan fingerprint density at radius 2 is 1.39 bits per heavy atom. The second kappa shape index (κ2) is 12.1. The molecular weight excluding hydrogens is 384 g/mol. The van der Waals surface area contributed by atoms with E-state index in [9.17, 15) is 4.79 Å². The standard InChI is InChI=1S/C28H34O3/c1-3-5-17-30-27-13-9-22(10-14-27)7-8-23-19-25(21-26(29)20-23)24-11-15-28(16-12-24)31-18-6-4-2/h7-16,20,25H,3-6,17-19,21H2,1-2H3/b8-7+. The van der Waals surface area contributed by atoms with E-state index in [1.807, 2.05) is 24.3 Å². The molecule has 3 rings (SSSR count). The Labute approximate surface area is 186 Å². The van der Waals surface area contributed by atoms with E-state index in [1.165, 1.54) is 5.56 Å². The van der Waals surface area contributed by atoms with Gasteiger partial charge in [-0.15, -0.1) is 0 Å². The first-order valence-corrected chi connectivity index (χ1v) is 11.5. The molecule has 0 spiro atoms. The Bertz CT molecular complexity index is 875. The number of unbranched alkanes of at least 4 members (excludes halogenated alkanes) is 2. The molecule has 0 saturated carbocycles. The van der Waals surface area contributed by atoms with Gasteiger partial charge in [0.15, 0.2) is 5.78 Å². The van der Waals surface area contributed by atoms with Gasteiger partial charge in [-0.1, -0.05) is 63.1 Å². The molecule has 0 amide bonds. The lowest BCUT2D eigenvalue weighted by atomic mass is 9.83. The summed E-state index contributed by atoms with van der Waals surface area (Å²) in [6, 6.07) is 16.4. The lowest BCUT2D eigenvalue weighted by Gasteiger charge is -2.21. The van der Waals surface area contributed by atoms with Crippen LogP contribution in [0.25, 0.3) is 6.08 Å². The highest BCUT2D eigenvalue weighted by Gasteiger charge is 2.21. The third-order valence-electron chi connectivity index (χ3n) is 5.53. The number of benzene rings is 2. The first-order valence-electron chi connectivity index (χ1n) is 11.5. The maximum absolute atomic E-state index is 12.3. The van der Waals surface area contributed by atoms with Crippen LogP contribution in [0.4, 0.5) is 0 Å². The van der Waals surface area contributed by atoms with Crippen molar-refractivity contribution in [2.75, 3.05) is 13.2 Å². The molecule has 0 heterocycles. The highest BCUT2D eigenvalue weighted by molar-refractivity contribution is 5.92. The van der Waals surface area contributed by atoms with E-state index in [-0.39, 0.29) is 11.7 Å². The quantitative estimate of drug-likeness (QED) is 0.364. The molecule has 0 aromatic heterocycles. The van der Waals surface area contributed by atoms with E-state index in [4.69, 9.17) is 9.47 Å². The van der Waals surface area contributed by atoms with Crippen LogP contribution in [0.15, 0.2) is 66.3 Å². The fourth-order valence-electron chi connectivity index (χ4n) is 3.66. The van der Waals surface area contributed by atoms with Gasteiger partial charge in [-0.25, -0.2) is 0 Å². The van der Waals surface area contributed by atoms with Crippen LogP contribution in [0.2, 0.25) is 0 Å². The van der Waals surface area contributed by atoms with Gasteiger partial charge in [-0.3, -0.25) is 4.79 Å². The normalized spacial score (nSPS) is 16.4. The molecule has 2 aromatic carbocycles. The van der Waals surface area contributed by atoms with Crippen molar-refractivity contribution < 1.29 is 14.3 Å². The van der Waals surface area contributed by atoms with Crippen molar-refractivity contribution in [3.63, 3.8) is 0 Å². The van der Waals surface area contributed by atoms with Crippen molar-refractivity contribution in [1.82, 2.24) is 0 Å². The van der Waals surface area contributed by atoms with E-state index in [2.05, 4.69) is 50.3 Å². The van der Waals surface area contributed by atoms with Gasteiger partial charge in [-0.2, -0.15) is 0 Å². The van der Waals surface area contributed by atoms with Crippen molar-refractivity contribution in [2.24, 2.45) is 0 Å². The molecule has 1 unspecified atom stereocenters. The summed E-state index contributed by atoms with van der Waals surface area (Å²) in [6.45, 7) is 5.82. The minimum absolute atomic E-state index is 0.193. The fourth-order valence-corrected chi connectivity index (χ4v) is 3.66. The Kier molecular flexibility index (Phi) is 8.96. The summed E-state index contributed by atoms with van der Waals surface area (Å²) < 4.78 is 11.5. The van der Waals surface area contributed by atoms with Crippen LogP contribution in [-0.4, -0.2) is 19.0 Å². The monoisotopic (exact) mass is 418 g/mol. The zero-order valence-electron chi connectivity index (χ0n) is 18.8. The van der Waals surface area contributed by atoms with Crippen molar-refractivity contribution in [3.8, 4) is 11.5 Å². The zero-order chi connectivity index (χ0) is 21.9. The van der Waals surface area contributed by atoms with Gasteiger partial charge in [0, 0.05) is 6.42 Å². The van der Waals surface area contributed by atoms with Gasteiger partial charge >= 0.3 is 0 Å². The van der Waals surface area contributed by atoms with E-state index >= 15 is 0 Å². The summed E-state index contributed by atoms with van der Waals surface area (Å²) in [5.41, 5.74) is 3.38. The lowest BCUT2D eigenvalue weighted by Crippen LogP contribution is -2.12. The van der Waals surface area contributed by atoms with Crippen LogP contribution in [0.3, 0.4) is 0 Å². The average molecular weight is 419 g/mol. The molecule has 1 aliphatic rings. The number of rotatable bonds is 11. The molecule has 2 aromatic rings. The van der Waals surface area contributed by atoms with Gasteiger partial charge in [-0.05, 0) is 72.2 Å². The molecule has 3 heteroatoms. The Morgan fingerprint density at radius 3 is 1.97 bits per heavy atom. The van der Waals surface area contributed by atoms with Gasteiger partial charge in [0.1, 0.15) is 11.5 Å². The molecule has 1 atom stereocenters. The van der Waals surface area contributed by atoms with Gasteiger partial charge < -0.3 is 9.47 Å². The highest BCUT2D eigenvalue weighted by Crippen LogP contribution is 2.33. The summed E-state index contributed by atoms with van der Waals surface area (Å²) in [6.07, 6.45) is 11.8. The topological polar surface area (TPSA) is 35.5 Å². The van der Waals surface area contributed by atoms with Crippen LogP contribution in [0.1, 0.15) is 69.4 Å². The maximum Gasteiger partial charge on any atom is 0.156 e. The van der Waals surface area contributed by atoms with Crippen LogP contribution >= 0.6 is 0 Å². The Hall–Kier alpha value is -2.81. The molecule has 0 fully saturated rings. The molecule has 0 radical (unpaired) electrons. The number of ketones is 1. The minimum Gasteiger partial charge on any atom is -0.494 e. The molecule has 1 aliphatic carbocycles. The minimum atomic E-state index is 0.193. The van der Waals surface area contributed by atoms with Gasteiger partial charge in [0.2, 0.25) is 0 Å². The predicted molar refractivity (Wildman–Crippen MR) is 128 cm³/mol. The van der Waals surface area contributed by atoms with Gasteiger partial charge in [0.25, 0.3) is 0 Å². The second-order valence-corrected chi connectivity index (χ2v) is 8.17. The zero-order valence-corrected chi connectivity index (χ0v) is 18.8. The number of hydrogen-bond acceptors (Lipinski definition) is 3. The first kappa shape index (κ1) is 22.9. The largest absolute Gasteiger partial charge is 0.494 e. The van der Waals surface area contributed by atoms with Crippen LogP contribution in [-0.2, 0) is 4.79 Å². The van der Waals surface area contributed by atoms with E-state index in [1.54, 1.807) is 6.08 Å². The number of ether oxygens (including phenoxy) is 2. The molecule has 0 saturated heterocycles. The predicted octanol–water partition coefficient (Wildman–Crippen LogP) is 7.13. The molecule has 0 aliphatic heterocycles. The molecule has 31 heavy (non-hydrogen) atoms. The van der Waals surface area contributed by atoms with Crippen molar-refractivity contribution in [3.05, 3.63) is 77.4 Å². The summed E-state index contributed by atoms with van der Waals surface area (Å²) in [5, 5.41) is 0. The van der Waals surface area contributed by atoms with Crippen LogP contribution in [0.5, 0.6) is 11.5 Å². The smallest absolute Gasteiger partial charge is 0.156 e. The van der Waals surface area contributed by atoms with Crippen LogP contribution in [0, 0.1) is 0 Å². The van der Waals surface area contributed by atoms with E-state index < -0.39 is 0 Å². The summed E-state index contributed by atoms with van der Waals surface area (Å²) in [5.74, 6) is 2.21. The summed E-state index contributed by atoms with van der Waals surface area (Å²) >= 11 is 0. The molecular formula is C28H34O3. The van der Waals surface area contributed by atoms with Crippen molar-refractivity contribution in [1.29, 1.82) is 0 Å². The number of hydrogen-bond donors (Lipinski definition) is 0. The third-order valence-corrected chi connectivity index (χ3v) is 5.53. The number of allylic oxidation sites excluding steroid dienone is 3. The number of carbonyl (C=O) groups excluding carboxylic acids is 1. The maximum atomic E-state index is 12.3. The number of carbonyl (C=O) groups is 1. The van der Waals surface area contributed by atoms with Gasteiger partial charge in [0.05, 0.1) is 13.2 Å². The second-order valence-electron chi connectivity index (χ2n) is 8.17.